The Bertz CT molecular complexity index is 1360. The first-order valence-corrected chi connectivity index (χ1v) is 12.7. The van der Waals surface area contributed by atoms with Crippen molar-refractivity contribution in [1.29, 1.82) is 0 Å². The molecule has 196 valence electrons. The highest BCUT2D eigenvalue weighted by molar-refractivity contribution is 6.11. The maximum Gasteiger partial charge on any atom is 0.271 e. The lowest BCUT2D eigenvalue weighted by Crippen LogP contribution is -2.68. The number of aromatic hydroxyl groups is 1. The summed E-state index contributed by atoms with van der Waals surface area (Å²) in [5.41, 5.74) is 1.86. The molecule has 2 aromatic carbocycles. The number of phenols is 1. The van der Waals surface area contributed by atoms with Crippen molar-refractivity contribution < 1.29 is 43.1 Å². The maximum atomic E-state index is 13.0. The fourth-order valence-corrected chi connectivity index (χ4v) is 7.00. The Morgan fingerprint density at radius 1 is 1.27 bits per heavy atom. The second-order valence-corrected chi connectivity index (χ2v) is 10.6. The van der Waals surface area contributed by atoms with Gasteiger partial charge < -0.3 is 38.3 Å². The van der Waals surface area contributed by atoms with Gasteiger partial charge in [-0.2, -0.15) is 0 Å². The summed E-state index contributed by atoms with van der Waals surface area (Å²) in [6, 6.07) is 1.96. The molecule has 1 spiro atoms. The van der Waals surface area contributed by atoms with Crippen LogP contribution in [0, 0.1) is 6.92 Å². The van der Waals surface area contributed by atoms with Crippen LogP contribution in [0.2, 0.25) is 0 Å². The van der Waals surface area contributed by atoms with Gasteiger partial charge in [0.15, 0.2) is 23.3 Å². The molecule has 2 bridgehead atoms. The Morgan fingerprint density at radius 2 is 2.08 bits per heavy atom. The molecular formula is C28H30O9. The van der Waals surface area contributed by atoms with E-state index < -0.39 is 29.4 Å². The van der Waals surface area contributed by atoms with E-state index in [0.29, 0.717) is 66.7 Å². The van der Waals surface area contributed by atoms with E-state index >= 15 is 0 Å². The first-order chi connectivity index (χ1) is 17.8. The number of hydrogen-bond donors (Lipinski definition) is 1. The number of aryl methyl sites for hydroxylation is 1. The number of hydrogen-bond acceptors (Lipinski definition) is 9. The summed E-state index contributed by atoms with van der Waals surface area (Å²) in [6.07, 6.45) is 2.57. The van der Waals surface area contributed by atoms with E-state index in [1.165, 1.54) is 0 Å². The summed E-state index contributed by atoms with van der Waals surface area (Å²) >= 11 is 0. The average molecular weight is 511 g/mol. The largest absolute Gasteiger partial charge is 0.506 e. The smallest absolute Gasteiger partial charge is 0.271 e. The third-order valence-corrected chi connectivity index (χ3v) is 8.55. The molecule has 7 rings (SSSR count). The molecule has 37 heavy (non-hydrogen) atoms. The summed E-state index contributed by atoms with van der Waals surface area (Å²) in [4.78, 5) is 13.0. The second-order valence-electron chi connectivity index (χ2n) is 10.6. The van der Waals surface area contributed by atoms with Crippen LogP contribution in [-0.4, -0.2) is 68.2 Å². The van der Waals surface area contributed by atoms with Gasteiger partial charge in [0.05, 0.1) is 31.3 Å². The fraction of sp³-hybridized carbons (Fsp3) is 0.536. The van der Waals surface area contributed by atoms with Crippen molar-refractivity contribution in [2.75, 3.05) is 34.0 Å². The van der Waals surface area contributed by atoms with Crippen molar-refractivity contribution in [2.45, 2.75) is 62.0 Å². The summed E-state index contributed by atoms with van der Waals surface area (Å²) in [5, 5.41) is 12.7. The molecule has 1 N–H and O–H groups in total. The molecule has 9 heteroatoms. The van der Waals surface area contributed by atoms with Crippen molar-refractivity contribution in [3.8, 4) is 17.2 Å². The quantitative estimate of drug-likeness (QED) is 0.354. The molecule has 3 unspecified atom stereocenters. The van der Waals surface area contributed by atoms with Crippen LogP contribution >= 0.6 is 0 Å². The van der Waals surface area contributed by atoms with E-state index in [1.807, 2.05) is 13.0 Å². The van der Waals surface area contributed by atoms with Crippen LogP contribution in [0.3, 0.4) is 0 Å². The number of benzene rings is 2. The number of Topliss-reactive ketones (excluding diaryl/α,β-unsaturated/α-hetero) is 1. The van der Waals surface area contributed by atoms with Gasteiger partial charge >= 0.3 is 0 Å². The highest BCUT2D eigenvalue weighted by Crippen LogP contribution is 2.66. The molecule has 3 saturated heterocycles. The number of carbonyl (C=O) groups is 1. The van der Waals surface area contributed by atoms with Crippen LogP contribution < -0.4 is 9.47 Å². The molecular weight excluding hydrogens is 480 g/mol. The highest BCUT2D eigenvalue weighted by atomic mass is 16.8. The third kappa shape index (κ3) is 2.84. The number of epoxide rings is 1. The molecule has 2 aromatic rings. The zero-order valence-electron chi connectivity index (χ0n) is 21.2. The number of ketones is 1. The van der Waals surface area contributed by atoms with Crippen LogP contribution in [0.25, 0.3) is 10.8 Å². The molecule has 0 aromatic heterocycles. The fourth-order valence-electron chi connectivity index (χ4n) is 7.00. The molecule has 4 aliphatic heterocycles. The molecule has 0 radical (unpaired) electrons. The van der Waals surface area contributed by atoms with Crippen LogP contribution in [0.15, 0.2) is 18.7 Å². The van der Waals surface area contributed by atoms with Crippen LogP contribution in [0.4, 0.5) is 0 Å². The maximum absolute atomic E-state index is 13.0. The second kappa shape index (κ2) is 7.68. The van der Waals surface area contributed by atoms with Gasteiger partial charge in [-0.1, -0.05) is 6.08 Å². The molecule has 3 fully saturated rings. The molecule has 5 aliphatic rings. The van der Waals surface area contributed by atoms with Crippen molar-refractivity contribution in [1.82, 2.24) is 0 Å². The predicted octanol–water partition coefficient (Wildman–Crippen LogP) is 3.64. The topological polar surface area (TPSA) is 105 Å². The normalized spacial score (nSPS) is 34.7. The van der Waals surface area contributed by atoms with Crippen molar-refractivity contribution in [3.63, 3.8) is 0 Å². The molecule has 9 nitrogen and oxygen atoms in total. The van der Waals surface area contributed by atoms with Gasteiger partial charge in [-0.05, 0) is 31.4 Å². The molecule has 4 heterocycles. The van der Waals surface area contributed by atoms with Gasteiger partial charge in [0.25, 0.3) is 5.79 Å². The Morgan fingerprint density at radius 3 is 2.78 bits per heavy atom. The standard InChI is InChI=1S/C28H30O9/c1-5-9-33-13-27-11-26(12-34-26)28(32-4)25(37-27)24(35-27)18-14(2)10-16-20(23(18)36-28)21(30)19-15(22(16)31-3)7-6-8-17(19)29/h5,10,24-25,30H,1,6-9,11-13H2,2-4H3/t24?,25?,26-,27?,28+/m0/s1. The minimum absolute atomic E-state index is 0.0975. The number of rotatable bonds is 6. The van der Waals surface area contributed by atoms with Gasteiger partial charge in [0.1, 0.15) is 30.0 Å². The van der Waals surface area contributed by atoms with E-state index in [9.17, 15) is 9.90 Å². The number of carbonyl (C=O) groups excluding carboxylic acids is 1. The monoisotopic (exact) mass is 510 g/mol. The first kappa shape index (κ1) is 23.4. The molecule has 0 saturated carbocycles. The van der Waals surface area contributed by atoms with E-state index in [2.05, 4.69) is 6.58 Å². The number of phenolic OH excluding ortho intramolecular Hbond substituents is 1. The average Bonchev–Trinajstić information content (AvgIpc) is 3.55. The zero-order valence-corrected chi connectivity index (χ0v) is 21.2. The summed E-state index contributed by atoms with van der Waals surface area (Å²) < 4.78 is 43.8. The lowest BCUT2D eigenvalue weighted by atomic mass is 9.78. The van der Waals surface area contributed by atoms with Crippen molar-refractivity contribution >= 4 is 16.6 Å². The number of ether oxygens (including phenoxy) is 7. The molecule has 0 amide bonds. The summed E-state index contributed by atoms with van der Waals surface area (Å²) in [7, 11) is 3.15. The Labute approximate surface area is 214 Å². The minimum Gasteiger partial charge on any atom is -0.506 e. The predicted molar refractivity (Wildman–Crippen MR) is 130 cm³/mol. The van der Waals surface area contributed by atoms with E-state index in [1.54, 1.807) is 20.3 Å². The van der Waals surface area contributed by atoms with Crippen LogP contribution in [0.1, 0.15) is 52.4 Å². The van der Waals surface area contributed by atoms with E-state index in [0.717, 1.165) is 16.7 Å². The third-order valence-electron chi connectivity index (χ3n) is 8.55. The van der Waals surface area contributed by atoms with E-state index in [-0.39, 0.29) is 18.1 Å². The highest BCUT2D eigenvalue weighted by Gasteiger charge is 2.81. The molecule has 1 aliphatic carbocycles. The summed E-state index contributed by atoms with van der Waals surface area (Å²) in [5.74, 6) is -1.58. The number of fused-ring (bicyclic) bond motifs is 7. The van der Waals surface area contributed by atoms with Crippen molar-refractivity contribution in [3.05, 3.63) is 41.0 Å². The lowest BCUT2D eigenvalue weighted by Gasteiger charge is -2.49. The lowest BCUT2D eigenvalue weighted by molar-refractivity contribution is -0.332. The van der Waals surface area contributed by atoms with Gasteiger partial charge in [-0.15, -0.1) is 6.58 Å². The zero-order chi connectivity index (χ0) is 25.7. The minimum atomic E-state index is -1.32. The van der Waals surface area contributed by atoms with Gasteiger partial charge in [-0.3, -0.25) is 4.79 Å². The Hall–Kier alpha value is -2.69. The first-order valence-electron chi connectivity index (χ1n) is 12.7. The van der Waals surface area contributed by atoms with Gasteiger partial charge in [0, 0.05) is 36.5 Å². The van der Waals surface area contributed by atoms with Crippen LogP contribution in [-0.2, 0) is 30.1 Å². The van der Waals surface area contributed by atoms with Gasteiger partial charge in [0.2, 0.25) is 0 Å². The number of methoxy groups -OCH3 is 2. The Kier molecular flexibility index (Phi) is 4.86. The molecule has 5 atom stereocenters. The Balaban J connectivity index is 1.49. The van der Waals surface area contributed by atoms with Crippen LogP contribution in [0.5, 0.6) is 17.2 Å². The SMILES string of the molecule is C=CCOCC12C[C@]3(CO3)[C@]3(OC)Oc4c(c(C)cc5c(OC)c6c(c(O)c45)C(=O)CCC6)C(O1)C3O2. The van der Waals surface area contributed by atoms with Crippen molar-refractivity contribution in [2.24, 2.45) is 0 Å². The van der Waals surface area contributed by atoms with E-state index in [4.69, 9.17) is 33.2 Å². The van der Waals surface area contributed by atoms with Gasteiger partial charge in [-0.25, -0.2) is 0 Å². The summed E-state index contributed by atoms with van der Waals surface area (Å²) in [6.45, 7) is 6.65.